The largest absolute Gasteiger partial charge is 0.310 e. The lowest BCUT2D eigenvalue weighted by atomic mass is 10.1. The summed E-state index contributed by atoms with van der Waals surface area (Å²) in [4.78, 5) is 2.37. The molecule has 0 spiro atoms. The Morgan fingerprint density at radius 3 is 1.13 bits per heavy atom. The molecular formula is C42H29N3. The first-order chi connectivity index (χ1) is 22.3. The molecule has 212 valence electrons. The van der Waals surface area contributed by atoms with Crippen LogP contribution in [0.5, 0.6) is 0 Å². The third-order valence-corrected chi connectivity index (χ3v) is 8.87. The molecule has 3 heteroatoms. The lowest BCUT2D eigenvalue weighted by molar-refractivity contribution is 1.17. The van der Waals surface area contributed by atoms with Gasteiger partial charge in [0.1, 0.15) is 0 Å². The Hall–Kier alpha value is -6.06. The van der Waals surface area contributed by atoms with E-state index in [-0.39, 0.29) is 0 Å². The van der Waals surface area contributed by atoms with Gasteiger partial charge in [0.2, 0.25) is 0 Å². The predicted molar refractivity (Wildman–Crippen MR) is 190 cm³/mol. The number of benzene rings is 7. The van der Waals surface area contributed by atoms with Crippen LogP contribution in [0.1, 0.15) is 0 Å². The van der Waals surface area contributed by atoms with E-state index < -0.39 is 0 Å². The molecule has 0 aliphatic carbocycles. The SMILES string of the molecule is c1ccc(N(c2ccc3c4ccccc4n(-c4ccccc4)c3c2)c2ccc3c4ccccc4n(-c4ccccc4)c3c2)cc1. The van der Waals surface area contributed by atoms with Crippen LogP contribution < -0.4 is 4.90 Å². The third kappa shape index (κ3) is 4.05. The summed E-state index contributed by atoms with van der Waals surface area (Å²) in [5.41, 5.74) is 10.4. The number of fused-ring (bicyclic) bond motifs is 6. The Morgan fingerprint density at radius 1 is 0.289 bits per heavy atom. The van der Waals surface area contributed by atoms with Gasteiger partial charge in [-0.3, -0.25) is 0 Å². The maximum absolute atomic E-state index is 2.38. The van der Waals surface area contributed by atoms with E-state index in [0.29, 0.717) is 0 Å². The zero-order chi connectivity index (χ0) is 29.7. The monoisotopic (exact) mass is 575 g/mol. The third-order valence-electron chi connectivity index (χ3n) is 8.87. The zero-order valence-corrected chi connectivity index (χ0v) is 24.6. The van der Waals surface area contributed by atoms with Gasteiger partial charge >= 0.3 is 0 Å². The number of hydrogen-bond donors (Lipinski definition) is 0. The van der Waals surface area contributed by atoms with Crippen LogP contribution >= 0.6 is 0 Å². The predicted octanol–water partition coefficient (Wildman–Crippen LogP) is 11.4. The second kappa shape index (κ2) is 10.3. The van der Waals surface area contributed by atoms with Crippen molar-refractivity contribution in [1.29, 1.82) is 0 Å². The average molecular weight is 576 g/mol. The van der Waals surface area contributed by atoms with E-state index in [1.165, 1.54) is 43.6 Å². The topological polar surface area (TPSA) is 13.1 Å². The summed E-state index contributed by atoms with van der Waals surface area (Å²) in [7, 11) is 0. The molecule has 0 radical (unpaired) electrons. The van der Waals surface area contributed by atoms with Crippen molar-refractivity contribution in [2.45, 2.75) is 0 Å². The van der Waals surface area contributed by atoms with E-state index in [0.717, 1.165) is 28.4 Å². The van der Waals surface area contributed by atoms with Gasteiger partial charge in [0.15, 0.2) is 0 Å². The maximum Gasteiger partial charge on any atom is 0.0561 e. The Kier molecular flexibility index (Phi) is 5.82. The molecule has 9 rings (SSSR count). The smallest absolute Gasteiger partial charge is 0.0561 e. The molecule has 0 saturated heterocycles. The molecule has 0 aliphatic heterocycles. The summed E-state index contributed by atoms with van der Waals surface area (Å²) in [6.07, 6.45) is 0. The number of para-hydroxylation sites is 5. The van der Waals surface area contributed by atoms with Crippen molar-refractivity contribution in [3.05, 3.63) is 176 Å². The molecule has 0 unspecified atom stereocenters. The molecule has 0 amide bonds. The molecule has 0 bridgehead atoms. The number of hydrogen-bond acceptors (Lipinski definition) is 1. The minimum Gasteiger partial charge on any atom is -0.310 e. The molecule has 7 aromatic carbocycles. The van der Waals surface area contributed by atoms with Gasteiger partial charge in [0.25, 0.3) is 0 Å². The normalized spacial score (nSPS) is 11.6. The summed E-state index contributed by atoms with van der Waals surface area (Å²) < 4.78 is 4.77. The number of nitrogens with zero attached hydrogens (tertiary/aromatic N) is 3. The molecular weight excluding hydrogens is 546 g/mol. The Morgan fingerprint density at radius 2 is 0.667 bits per heavy atom. The molecule has 2 aromatic heterocycles. The van der Waals surface area contributed by atoms with Crippen LogP contribution in [0.25, 0.3) is 55.0 Å². The molecule has 0 fully saturated rings. The van der Waals surface area contributed by atoms with Gasteiger partial charge < -0.3 is 14.0 Å². The van der Waals surface area contributed by atoms with E-state index in [4.69, 9.17) is 0 Å². The first-order valence-electron chi connectivity index (χ1n) is 15.4. The Balaban J connectivity index is 1.32. The highest BCUT2D eigenvalue weighted by molar-refractivity contribution is 6.12. The Bertz CT molecular complexity index is 2310. The average Bonchev–Trinajstić information content (AvgIpc) is 3.62. The van der Waals surface area contributed by atoms with Gasteiger partial charge in [-0.05, 0) is 72.8 Å². The van der Waals surface area contributed by atoms with Gasteiger partial charge in [-0.1, -0.05) is 103 Å². The molecule has 0 aliphatic rings. The van der Waals surface area contributed by atoms with Gasteiger partial charge in [-0.2, -0.15) is 0 Å². The minimum absolute atomic E-state index is 1.11. The maximum atomic E-state index is 2.38. The van der Waals surface area contributed by atoms with Crippen LogP contribution in [0.4, 0.5) is 17.1 Å². The van der Waals surface area contributed by atoms with Crippen molar-refractivity contribution < 1.29 is 0 Å². The van der Waals surface area contributed by atoms with E-state index >= 15 is 0 Å². The molecule has 3 nitrogen and oxygen atoms in total. The lowest BCUT2D eigenvalue weighted by Gasteiger charge is -2.26. The van der Waals surface area contributed by atoms with Crippen LogP contribution in [-0.2, 0) is 0 Å². The lowest BCUT2D eigenvalue weighted by Crippen LogP contribution is -2.10. The van der Waals surface area contributed by atoms with Crippen LogP contribution in [0, 0.1) is 0 Å². The van der Waals surface area contributed by atoms with Gasteiger partial charge in [0.05, 0.1) is 22.1 Å². The van der Waals surface area contributed by atoms with E-state index in [1.54, 1.807) is 0 Å². The minimum atomic E-state index is 1.11. The first-order valence-corrected chi connectivity index (χ1v) is 15.4. The number of aromatic nitrogens is 2. The molecule has 0 saturated carbocycles. The van der Waals surface area contributed by atoms with Crippen LogP contribution in [0.15, 0.2) is 176 Å². The quantitative estimate of drug-likeness (QED) is 0.199. The standard InChI is InChI=1S/C42H29N3/c1-4-14-30(15-5-1)43(33-24-26-37-35-20-10-12-22-39(35)44(41(37)28-33)31-16-6-2-7-17-31)34-25-27-38-36-21-11-13-23-40(36)45(42(38)29-34)32-18-8-3-9-19-32/h1-29H. The fourth-order valence-corrected chi connectivity index (χ4v) is 6.93. The summed E-state index contributed by atoms with van der Waals surface area (Å²) in [5, 5.41) is 4.99. The second-order valence-corrected chi connectivity index (χ2v) is 11.5. The van der Waals surface area contributed by atoms with Gasteiger partial charge in [0, 0.05) is 50.0 Å². The summed E-state index contributed by atoms with van der Waals surface area (Å²) in [6.45, 7) is 0. The van der Waals surface area contributed by atoms with Crippen LogP contribution in [0.2, 0.25) is 0 Å². The van der Waals surface area contributed by atoms with Crippen molar-refractivity contribution in [1.82, 2.24) is 9.13 Å². The molecule has 0 atom stereocenters. The summed E-state index contributed by atoms with van der Waals surface area (Å²) >= 11 is 0. The van der Waals surface area contributed by atoms with E-state index in [1.807, 2.05) is 0 Å². The molecule has 2 heterocycles. The van der Waals surface area contributed by atoms with E-state index in [2.05, 4.69) is 190 Å². The second-order valence-electron chi connectivity index (χ2n) is 11.5. The zero-order valence-electron chi connectivity index (χ0n) is 24.6. The molecule has 45 heavy (non-hydrogen) atoms. The van der Waals surface area contributed by atoms with Gasteiger partial charge in [-0.15, -0.1) is 0 Å². The molecule has 9 aromatic rings. The Labute approximate surface area is 261 Å². The number of rotatable bonds is 5. The first kappa shape index (κ1) is 25.4. The highest BCUT2D eigenvalue weighted by Gasteiger charge is 2.19. The van der Waals surface area contributed by atoms with Crippen LogP contribution in [-0.4, -0.2) is 9.13 Å². The van der Waals surface area contributed by atoms with Crippen molar-refractivity contribution in [2.75, 3.05) is 4.90 Å². The van der Waals surface area contributed by atoms with Crippen molar-refractivity contribution >= 4 is 60.7 Å². The highest BCUT2D eigenvalue weighted by atomic mass is 15.1. The van der Waals surface area contributed by atoms with Crippen LogP contribution in [0.3, 0.4) is 0 Å². The van der Waals surface area contributed by atoms with Crippen molar-refractivity contribution in [3.8, 4) is 11.4 Å². The van der Waals surface area contributed by atoms with Gasteiger partial charge in [-0.25, -0.2) is 0 Å². The summed E-state index contributed by atoms with van der Waals surface area (Å²) in [5.74, 6) is 0. The highest BCUT2D eigenvalue weighted by Crippen LogP contribution is 2.42. The van der Waals surface area contributed by atoms with Crippen molar-refractivity contribution in [3.63, 3.8) is 0 Å². The summed E-state index contributed by atoms with van der Waals surface area (Å²) in [6, 6.07) is 63.1. The fraction of sp³-hybridized carbons (Fsp3) is 0. The van der Waals surface area contributed by atoms with E-state index in [9.17, 15) is 0 Å². The molecule has 0 N–H and O–H groups in total. The van der Waals surface area contributed by atoms with Crippen molar-refractivity contribution in [2.24, 2.45) is 0 Å². The number of anilines is 3. The fourth-order valence-electron chi connectivity index (χ4n) is 6.93.